The first kappa shape index (κ1) is 19.3. The molecule has 0 bridgehead atoms. The van der Waals surface area contributed by atoms with E-state index in [9.17, 15) is 10.1 Å². The molecule has 3 aromatic rings. The van der Waals surface area contributed by atoms with E-state index in [1.165, 1.54) is 24.0 Å². The molecule has 6 heteroatoms. The molecule has 2 aromatic carbocycles. The summed E-state index contributed by atoms with van der Waals surface area (Å²) in [6, 6.07) is 17.4. The van der Waals surface area contributed by atoms with E-state index >= 15 is 0 Å². The molecule has 0 radical (unpaired) electrons. The van der Waals surface area contributed by atoms with Gasteiger partial charge in [0, 0.05) is 17.1 Å². The molecule has 0 unspecified atom stereocenters. The van der Waals surface area contributed by atoms with E-state index in [4.69, 9.17) is 4.74 Å². The number of rotatable bonds is 6. The van der Waals surface area contributed by atoms with Gasteiger partial charge in [-0.25, -0.2) is 9.78 Å². The Morgan fingerprint density at radius 2 is 2.00 bits per heavy atom. The minimum Gasteiger partial charge on any atom is -0.465 e. The number of hydrogen-bond donors (Lipinski definition) is 1. The highest BCUT2D eigenvalue weighted by Crippen LogP contribution is 2.27. The van der Waals surface area contributed by atoms with Crippen LogP contribution in [0.15, 0.2) is 60.1 Å². The lowest BCUT2D eigenvalue weighted by atomic mass is 10.1. The third-order valence-electron chi connectivity index (χ3n) is 4.22. The van der Waals surface area contributed by atoms with Crippen LogP contribution in [0, 0.1) is 11.3 Å². The van der Waals surface area contributed by atoms with Crippen molar-refractivity contribution in [2.75, 3.05) is 12.4 Å². The van der Waals surface area contributed by atoms with Crippen LogP contribution in [0.2, 0.25) is 0 Å². The van der Waals surface area contributed by atoms with E-state index in [0.29, 0.717) is 21.8 Å². The molecule has 0 spiro atoms. The number of aryl methyl sites for hydroxylation is 1. The standard InChI is InChI=1S/C22H19N3O2S/c1-3-15-8-10-16(11-9-15)20-14-28-21(25-20)17(12-23)13-24-19-7-5-4-6-18(19)22(26)27-2/h4-11,13-14,24H,3H2,1-2H3/b17-13+. The fraction of sp³-hybridized carbons (Fsp3) is 0.136. The fourth-order valence-electron chi connectivity index (χ4n) is 2.63. The quantitative estimate of drug-likeness (QED) is 0.467. The van der Waals surface area contributed by atoms with Crippen molar-refractivity contribution in [1.82, 2.24) is 4.98 Å². The lowest BCUT2D eigenvalue weighted by Gasteiger charge is -2.07. The number of esters is 1. The zero-order valence-corrected chi connectivity index (χ0v) is 16.4. The molecule has 0 aliphatic heterocycles. The minimum atomic E-state index is -0.443. The van der Waals surface area contributed by atoms with Crippen molar-refractivity contribution >= 4 is 28.6 Å². The van der Waals surface area contributed by atoms with Gasteiger partial charge in [0.1, 0.15) is 16.6 Å². The van der Waals surface area contributed by atoms with Crippen LogP contribution in [0.1, 0.15) is 27.9 Å². The Morgan fingerprint density at radius 1 is 1.25 bits per heavy atom. The van der Waals surface area contributed by atoms with Gasteiger partial charge in [-0.3, -0.25) is 0 Å². The SMILES string of the molecule is CCc1ccc(-c2csc(/C(C#N)=C/Nc3ccccc3C(=O)OC)n2)cc1. The second-order valence-corrected chi connectivity index (χ2v) is 6.80. The van der Waals surface area contributed by atoms with Gasteiger partial charge in [-0.2, -0.15) is 5.26 Å². The van der Waals surface area contributed by atoms with Crippen molar-refractivity contribution in [2.45, 2.75) is 13.3 Å². The monoisotopic (exact) mass is 389 g/mol. The molecule has 0 atom stereocenters. The van der Waals surface area contributed by atoms with Crippen molar-refractivity contribution in [3.8, 4) is 17.3 Å². The smallest absolute Gasteiger partial charge is 0.339 e. The highest BCUT2D eigenvalue weighted by molar-refractivity contribution is 7.11. The molecular formula is C22H19N3O2S. The zero-order valence-electron chi connectivity index (χ0n) is 15.6. The maximum absolute atomic E-state index is 11.9. The van der Waals surface area contributed by atoms with Crippen LogP contribution in [-0.4, -0.2) is 18.1 Å². The highest BCUT2D eigenvalue weighted by atomic mass is 32.1. The molecule has 3 rings (SSSR count). The first-order valence-corrected chi connectivity index (χ1v) is 9.63. The van der Waals surface area contributed by atoms with Gasteiger partial charge in [-0.05, 0) is 24.1 Å². The molecule has 0 fully saturated rings. The molecule has 1 aromatic heterocycles. The average Bonchev–Trinajstić information content (AvgIpc) is 3.24. The summed E-state index contributed by atoms with van der Waals surface area (Å²) in [6.07, 6.45) is 2.55. The molecule has 0 amide bonds. The second-order valence-electron chi connectivity index (χ2n) is 5.94. The van der Waals surface area contributed by atoms with Gasteiger partial charge < -0.3 is 10.1 Å². The fourth-order valence-corrected chi connectivity index (χ4v) is 3.42. The number of nitriles is 1. The summed E-state index contributed by atoms with van der Waals surface area (Å²) in [5, 5.41) is 15.1. The van der Waals surface area contributed by atoms with Crippen molar-refractivity contribution in [3.63, 3.8) is 0 Å². The summed E-state index contributed by atoms with van der Waals surface area (Å²) in [5.41, 5.74) is 4.47. The summed E-state index contributed by atoms with van der Waals surface area (Å²) in [7, 11) is 1.33. The summed E-state index contributed by atoms with van der Waals surface area (Å²) in [5.74, 6) is -0.443. The molecule has 28 heavy (non-hydrogen) atoms. The Morgan fingerprint density at radius 3 is 2.68 bits per heavy atom. The van der Waals surface area contributed by atoms with Gasteiger partial charge >= 0.3 is 5.97 Å². The Hall–Kier alpha value is -3.43. The summed E-state index contributed by atoms with van der Waals surface area (Å²) >= 11 is 1.40. The summed E-state index contributed by atoms with van der Waals surface area (Å²) < 4.78 is 4.79. The molecule has 5 nitrogen and oxygen atoms in total. The Kier molecular flexibility index (Phi) is 6.20. The number of allylic oxidation sites excluding steroid dienone is 1. The number of ether oxygens (including phenoxy) is 1. The Labute approximate surface area is 167 Å². The number of methoxy groups -OCH3 is 1. The van der Waals surface area contributed by atoms with Crippen molar-refractivity contribution in [3.05, 3.63) is 76.2 Å². The molecule has 0 aliphatic carbocycles. The van der Waals surface area contributed by atoms with E-state index in [1.54, 1.807) is 30.5 Å². The second kappa shape index (κ2) is 8.98. The lowest BCUT2D eigenvalue weighted by Crippen LogP contribution is -2.05. The molecular weight excluding hydrogens is 370 g/mol. The van der Waals surface area contributed by atoms with Gasteiger partial charge in [0.25, 0.3) is 0 Å². The number of carbonyl (C=O) groups is 1. The molecule has 1 heterocycles. The van der Waals surface area contributed by atoms with Crippen molar-refractivity contribution in [2.24, 2.45) is 0 Å². The van der Waals surface area contributed by atoms with Crippen LogP contribution in [-0.2, 0) is 11.2 Å². The summed E-state index contributed by atoms with van der Waals surface area (Å²) in [4.78, 5) is 16.5. The third-order valence-corrected chi connectivity index (χ3v) is 5.09. The number of aromatic nitrogens is 1. The number of para-hydroxylation sites is 1. The molecule has 140 valence electrons. The predicted molar refractivity (Wildman–Crippen MR) is 112 cm³/mol. The Balaban J connectivity index is 1.84. The van der Waals surface area contributed by atoms with Gasteiger partial charge in [0.15, 0.2) is 0 Å². The van der Waals surface area contributed by atoms with E-state index < -0.39 is 5.97 Å². The van der Waals surface area contributed by atoms with E-state index in [0.717, 1.165) is 17.7 Å². The maximum Gasteiger partial charge on any atom is 0.339 e. The number of benzene rings is 2. The van der Waals surface area contributed by atoms with Crippen LogP contribution >= 0.6 is 11.3 Å². The van der Waals surface area contributed by atoms with E-state index in [1.807, 2.05) is 17.5 Å². The first-order valence-electron chi connectivity index (χ1n) is 8.75. The van der Waals surface area contributed by atoms with Crippen molar-refractivity contribution in [1.29, 1.82) is 5.26 Å². The molecule has 0 saturated carbocycles. The third kappa shape index (κ3) is 4.27. The largest absolute Gasteiger partial charge is 0.465 e. The van der Waals surface area contributed by atoms with E-state index in [2.05, 4.69) is 35.4 Å². The van der Waals surface area contributed by atoms with E-state index in [-0.39, 0.29) is 0 Å². The van der Waals surface area contributed by atoms with Gasteiger partial charge in [-0.15, -0.1) is 11.3 Å². The number of carbonyl (C=O) groups excluding carboxylic acids is 1. The molecule has 1 N–H and O–H groups in total. The van der Waals surface area contributed by atoms with Gasteiger partial charge in [0.2, 0.25) is 0 Å². The number of anilines is 1. The number of hydrogen-bond acceptors (Lipinski definition) is 6. The zero-order chi connectivity index (χ0) is 19.9. The lowest BCUT2D eigenvalue weighted by molar-refractivity contribution is 0.0602. The Bertz CT molecular complexity index is 1050. The normalized spacial score (nSPS) is 11.0. The maximum atomic E-state index is 11.9. The first-order chi connectivity index (χ1) is 13.7. The van der Waals surface area contributed by atoms with Gasteiger partial charge in [-0.1, -0.05) is 43.3 Å². The van der Waals surface area contributed by atoms with Crippen LogP contribution in [0.5, 0.6) is 0 Å². The summed E-state index contributed by atoms with van der Waals surface area (Å²) in [6.45, 7) is 2.12. The number of nitrogens with zero attached hydrogens (tertiary/aromatic N) is 2. The highest BCUT2D eigenvalue weighted by Gasteiger charge is 2.12. The predicted octanol–water partition coefficient (Wildman–Crippen LogP) is 5.14. The average molecular weight is 389 g/mol. The minimum absolute atomic E-state index is 0.390. The number of thiazole rings is 1. The topological polar surface area (TPSA) is 75.0 Å². The number of nitrogens with one attached hydrogen (secondary N) is 1. The molecule has 0 saturated heterocycles. The van der Waals surface area contributed by atoms with Crippen molar-refractivity contribution < 1.29 is 9.53 Å². The van der Waals surface area contributed by atoms with Crippen LogP contribution in [0.25, 0.3) is 16.8 Å². The van der Waals surface area contributed by atoms with Crippen LogP contribution in [0.3, 0.4) is 0 Å². The molecule has 0 aliphatic rings. The van der Waals surface area contributed by atoms with Gasteiger partial charge in [0.05, 0.1) is 24.1 Å². The van der Waals surface area contributed by atoms with Crippen LogP contribution < -0.4 is 5.32 Å². The van der Waals surface area contributed by atoms with Crippen LogP contribution in [0.4, 0.5) is 5.69 Å².